The lowest BCUT2D eigenvalue weighted by Crippen LogP contribution is -2.53. The Morgan fingerprint density at radius 1 is 1.38 bits per heavy atom. The van der Waals surface area contributed by atoms with Crippen LogP contribution in [0.4, 0.5) is 5.82 Å². The van der Waals surface area contributed by atoms with Crippen LogP contribution in [0.25, 0.3) is 0 Å². The van der Waals surface area contributed by atoms with E-state index in [-0.39, 0.29) is 5.56 Å². The summed E-state index contributed by atoms with van der Waals surface area (Å²) in [4.78, 5) is 13.0. The molecule has 2 N–H and O–H groups in total. The number of fused-ring (bicyclic) bond motifs is 1. The number of benzene rings is 1. The second kappa shape index (κ2) is 5.65. The third-order valence-electron chi connectivity index (χ3n) is 4.28. The van der Waals surface area contributed by atoms with E-state index in [1.54, 1.807) is 50.1 Å². The highest BCUT2D eigenvalue weighted by atomic mass is 16.5. The molecule has 24 heavy (non-hydrogen) atoms. The van der Waals surface area contributed by atoms with Gasteiger partial charge in [0.1, 0.15) is 23.3 Å². The SMILES string of the molecule is CN(c1ccc(=O)[nH]n1)C1c2cc(C#N)ccc2OC(C)(C)C1O. The molecule has 0 spiro atoms. The van der Waals surface area contributed by atoms with E-state index in [9.17, 15) is 9.90 Å². The van der Waals surface area contributed by atoms with E-state index >= 15 is 0 Å². The average molecular weight is 326 g/mol. The van der Waals surface area contributed by atoms with Gasteiger partial charge in [-0.3, -0.25) is 4.79 Å². The van der Waals surface area contributed by atoms with Gasteiger partial charge in [0.15, 0.2) is 0 Å². The van der Waals surface area contributed by atoms with Gasteiger partial charge in [-0.1, -0.05) is 0 Å². The van der Waals surface area contributed by atoms with Crippen LogP contribution in [0.15, 0.2) is 35.1 Å². The quantitative estimate of drug-likeness (QED) is 0.863. The van der Waals surface area contributed by atoms with Gasteiger partial charge < -0.3 is 14.7 Å². The first kappa shape index (κ1) is 16.0. The lowest BCUT2D eigenvalue weighted by Gasteiger charge is -2.45. The van der Waals surface area contributed by atoms with E-state index < -0.39 is 17.7 Å². The molecule has 0 aliphatic carbocycles. The number of aromatic amines is 1. The van der Waals surface area contributed by atoms with Gasteiger partial charge in [0, 0.05) is 18.7 Å². The maximum Gasteiger partial charge on any atom is 0.264 e. The maximum atomic E-state index is 11.2. The first-order chi connectivity index (χ1) is 11.3. The van der Waals surface area contributed by atoms with Crippen LogP contribution in [-0.2, 0) is 0 Å². The highest BCUT2D eigenvalue weighted by Crippen LogP contribution is 2.43. The summed E-state index contributed by atoms with van der Waals surface area (Å²) in [6.45, 7) is 3.61. The second-order valence-electron chi connectivity index (χ2n) is 6.35. The van der Waals surface area contributed by atoms with Crippen LogP contribution in [0.1, 0.15) is 31.0 Å². The number of nitrogens with one attached hydrogen (secondary N) is 1. The first-order valence-electron chi connectivity index (χ1n) is 7.53. The number of H-pyrrole nitrogens is 1. The Bertz CT molecular complexity index is 848. The Kier molecular flexibility index (Phi) is 3.78. The molecule has 0 saturated carbocycles. The smallest absolute Gasteiger partial charge is 0.264 e. The summed E-state index contributed by atoms with van der Waals surface area (Å²) in [7, 11) is 1.78. The number of rotatable bonds is 2. The fourth-order valence-electron chi connectivity index (χ4n) is 2.93. The van der Waals surface area contributed by atoms with Gasteiger partial charge in [0.2, 0.25) is 0 Å². The molecule has 2 heterocycles. The average Bonchev–Trinajstić information content (AvgIpc) is 2.55. The lowest BCUT2D eigenvalue weighted by molar-refractivity contribution is -0.0580. The zero-order chi connectivity index (χ0) is 17.5. The van der Waals surface area contributed by atoms with Gasteiger partial charge in [0.25, 0.3) is 5.56 Å². The number of aromatic nitrogens is 2. The minimum absolute atomic E-state index is 0.299. The summed E-state index contributed by atoms with van der Waals surface area (Å²) < 4.78 is 5.90. The maximum absolute atomic E-state index is 11.2. The topological polar surface area (TPSA) is 102 Å². The molecule has 0 saturated heterocycles. The number of hydrogen-bond donors (Lipinski definition) is 2. The van der Waals surface area contributed by atoms with Crippen molar-refractivity contribution in [2.45, 2.75) is 31.6 Å². The van der Waals surface area contributed by atoms with Gasteiger partial charge in [-0.05, 0) is 38.1 Å². The fraction of sp³-hybridized carbons (Fsp3) is 0.353. The summed E-state index contributed by atoms with van der Waals surface area (Å²) in [5, 5.41) is 26.4. The van der Waals surface area contributed by atoms with Crippen LogP contribution in [0.2, 0.25) is 0 Å². The molecule has 7 heteroatoms. The lowest BCUT2D eigenvalue weighted by atomic mass is 9.85. The molecule has 124 valence electrons. The Morgan fingerprint density at radius 2 is 2.12 bits per heavy atom. The van der Waals surface area contributed by atoms with Crippen molar-refractivity contribution >= 4 is 5.82 Å². The third kappa shape index (κ3) is 2.61. The molecule has 7 nitrogen and oxygen atoms in total. The largest absolute Gasteiger partial charge is 0.485 e. The third-order valence-corrected chi connectivity index (χ3v) is 4.28. The zero-order valence-corrected chi connectivity index (χ0v) is 13.6. The van der Waals surface area contributed by atoms with Gasteiger partial charge in [0.05, 0.1) is 17.7 Å². The minimum atomic E-state index is -0.863. The standard InChI is InChI=1S/C17H18N4O3/c1-17(2)16(23)15(21(3)13-6-7-14(22)20-19-13)11-8-10(9-18)4-5-12(11)24-17/h4-8,15-16,23H,1-3H3,(H,20,22). The molecule has 1 aromatic heterocycles. The van der Waals surface area contributed by atoms with Crippen LogP contribution < -0.4 is 15.2 Å². The van der Waals surface area contributed by atoms with Crippen LogP contribution >= 0.6 is 0 Å². The van der Waals surface area contributed by atoms with Gasteiger partial charge in [-0.25, -0.2) is 5.10 Å². The van der Waals surface area contributed by atoms with Crippen molar-refractivity contribution in [1.82, 2.24) is 10.2 Å². The van der Waals surface area contributed by atoms with E-state index in [0.717, 1.165) is 0 Å². The summed E-state index contributed by atoms with van der Waals surface area (Å²) in [5.74, 6) is 1.12. The van der Waals surface area contributed by atoms with Crippen LogP contribution in [-0.4, -0.2) is 34.1 Å². The molecule has 0 bridgehead atoms. The second-order valence-corrected chi connectivity index (χ2v) is 6.35. The van der Waals surface area contributed by atoms with Crippen LogP contribution in [0.5, 0.6) is 5.75 Å². The molecule has 1 aromatic carbocycles. The van der Waals surface area contributed by atoms with Crippen molar-refractivity contribution in [1.29, 1.82) is 5.26 Å². The summed E-state index contributed by atoms with van der Waals surface area (Å²) in [6.07, 6.45) is -0.863. The molecular weight excluding hydrogens is 308 g/mol. The van der Waals surface area contributed by atoms with E-state index in [4.69, 9.17) is 10.00 Å². The monoisotopic (exact) mass is 326 g/mol. The van der Waals surface area contributed by atoms with E-state index in [1.165, 1.54) is 6.07 Å². The van der Waals surface area contributed by atoms with E-state index in [1.807, 2.05) is 0 Å². The Labute approximate surface area is 139 Å². The first-order valence-corrected chi connectivity index (χ1v) is 7.53. The Morgan fingerprint density at radius 3 is 2.75 bits per heavy atom. The van der Waals surface area contributed by atoms with Crippen molar-refractivity contribution in [2.24, 2.45) is 0 Å². The molecule has 0 fully saturated rings. The molecule has 1 aliphatic heterocycles. The predicted molar refractivity (Wildman–Crippen MR) is 87.9 cm³/mol. The van der Waals surface area contributed by atoms with Crippen molar-refractivity contribution in [3.63, 3.8) is 0 Å². The van der Waals surface area contributed by atoms with E-state index in [0.29, 0.717) is 22.7 Å². The number of hydrogen-bond acceptors (Lipinski definition) is 6. The number of ether oxygens (including phenoxy) is 1. The number of anilines is 1. The molecule has 0 amide bonds. The number of aliphatic hydroxyl groups is 1. The van der Waals surface area contributed by atoms with Crippen molar-refractivity contribution < 1.29 is 9.84 Å². The molecule has 1 aliphatic rings. The minimum Gasteiger partial charge on any atom is -0.485 e. The van der Waals surface area contributed by atoms with Crippen molar-refractivity contribution in [3.8, 4) is 11.8 Å². The molecule has 0 radical (unpaired) electrons. The molecular formula is C17H18N4O3. The van der Waals surface area contributed by atoms with Gasteiger partial charge in [-0.2, -0.15) is 10.4 Å². The predicted octanol–water partition coefficient (Wildman–Crippen LogP) is 1.35. The number of nitrogens with zero attached hydrogens (tertiary/aromatic N) is 3. The van der Waals surface area contributed by atoms with Crippen LogP contribution in [0, 0.1) is 11.3 Å². The molecule has 3 rings (SSSR count). The number of nitriles is 1. The van der Waals surface area contributed by atoms with Gasteiger partial charge in [-0.15, -0.1) is 0 Å². The van der Waals surface area contributed by atoms with E-state index in [2.05, 4.69) is 16.3 Å². The number of likely N-dealkylation sites (N-methyl/N-ethyl adjacent to an activating group) is 1. The Balaban J connectivity index is 2.12. The normalized spacial score (nSPS) is 21.3. The fourth-order valence-corrected chi connectivity index (χ4v) is 2.93. The van der Waals surface area contributed by atoms with Crippen molar-refractivity contribution in [3.05, 3.63) is 51.8 Å². The molecule has 2 aromatic rings. The number of aliphatic hydroxyl groups excluding tert-OH is 1. The summed E-state index contributed by atoms with van der Waals surface area (Å²) in [6, 6.07) is 9.72. The zero-order valence-electron chi connectivity index (χ0n) is 13.6. The molecule has 2 unspecified atom stereocenters. The summed E-state index contributed by atoms with van der Waals surface area (Å²) in [5.41, 5.74) is 0.0723. The summed E-state index contributed by atoms with van der Waals surface area (Å²) >= 11 is 0. The van der Waals surface area contributed by atoms with Crippen LogP contribution in [0.3, 0.4) is 0 Å². The highest BCUT2D eigenvalue weighted by Gasteiger charge is 2.45. The van der Waals surface area contributed by atoms with Crippen molar-refractivity contribution in [2.75, 3.05) is 11.9 Å². The molecule has 2 atom stereocenters. The highest BCUT2D eigenvalue weighted by molar-refractivity contribution is 5.51. The Hall–Kier alpha value is -2.85. The van der Waals surface area contributed by atoms with Gasteiger partial charge >= 0.3 is 0 Å².